The molecule has 94 valence electrons. The number of hydrogen-bond donors (Lipinski definition) is 0. The maximum Gasteiger partial charge on any atom is 0.306 e. The van der Waals surface area contributed by atoms with Gasteiger partial charge in [-0.1, -0.05) is 46.3 Å². The van der Waals surface area contributed by atoms with Gasteiger partial charge in [-0.2, -0.15) is 0 Å². The molecule has 0 rings (SSSR count). The molecule has 0 aromatic carbocycles. The Labute approximate surface area is 100 Å². The highest BCUT2D eigenvalue weighted by Gasteiger charge is 2.11. The summed E-state index contributed by atoms with van der Waals surface area (Å²) in [5.41, 5.74) is 0. The molecule has 0 spiro atoms. The number of esters is 1. The molecule has 2 nitrogen and oxygen atoms in total. The van der Waals surface area contributed by atoms with E-state index >= 15 is 0 Å². The monoisotopic (exact) mass is 226 g/mol. The third-order valence-corrected chi connectivity index (χ3v) is 2.56. The van der Waals surface area contributed by atoms with Crippen molar-refractivity contribution >= 4 is 5.97 Å². The Hall–Kier alpha value is -0.790. The Kier molecular flexibility index (Phi) is 8.97. The molecule has 0 aliphatic rings. The van der Waals surface area contributed by atoms with Crippen molar-refractivity contribution in [3.63, 3.8) is 0 Å². The fraction of sp³-hybridized carbons (Fsp3) is 0.786. The van der Waals surface area contributed by atoms with Crippen molar-refractivity contribution in [3.8, 4) is 0 Å². The molecule has 1 atom stereocenters. The lowest BCUT2D eigenvalue weighted by molar-refractivity contribution is -0.147. The first kappa shape index (κ1) is 15.2. The van der Waals surface area contributed by atoms with Crippen LogP contribution in [0.4, 0.5) is 0 Å². The molecule has 0 bridgehead atoms. The second-order valence-corrected chi connectivity index (χ2v) is 4.69. The highest BCUT2D eigenvalue weighted by Crippen LogP contribution is 2.11. The van der Waals surface area contributed by atoms with Crippen LogP contribution in [0.2, 0.25) is 0 Å². The molecular formula is C14H26O2. The van der Waals surface area contributed by atoms with Crippen LogP contribution in [0.1, 0.15) is 59.3 Å². The molecule has 0 aliphatic heterocycles. The summed E-state index contributed by atoms with van der Waals surface area (Å²) in [6.45, 7) is 10.1. The minimum atomic E-state index is -0.0915. The Morgan fingerprint density at radius 2 is 2.00 bits per heavy atom. The van der Waals surface area contributed by atoms with Crippen LogP contribution in [-0.2, 0) is 9.53 Å². The van der Waals surface area contributed by atoms with Gasteiger partial charge in [0.05, 0.1) is 0 Å². The fourth-order valence-electron chi connectivity index (χ4n) is 1.45. The van der Waals surface area contributed by atoms with Gasteiger partial charge in [0, 0.05) is 6.42 Å². The van der Waals surface area contributed by atoms with Gasteiger partial charge in [-0.05, 0) is 25.2 Å². The van der Waals surface area contributed by atoms with Crippen LogP contribution in [0.5, 0.6) is 0 Å². The molecule has 0 aromatic heterocycles. The molecule has 0 N–H and O–H groups in total. The standard InChI is InChI=1S/C14H26O2/c1-5-7-8-9-13(6-2)16-14(15)11-10-12(3)4/h6,12-13H,2,5,7-11H2,1,3-4H3. The summed E-state index contributed by atoms with van der Waals surface area (Å²) in [5.74, 6) is 0.463. The highest BCUT2D eigenvalue weighted by molar-refractivity contribution is 5.69. The average Bonchev–Trinajstić information content (AvgIpc) is 2.25. The second kappa shape index (κ2) is 9.44. The van der Waals surface area contributed by atoms with E-state index in [2.05, 4.69) is 27.4 Å². The molecule has 0 fully saturated rings. The molecule has 0 aromatic rings. The van der Waals surface area contributed by atoms with E-state index in [4.69, 9.17) is 4.74 Å². The van der Waals surface area contributed by atoms with Gasteiger partial charge in [0.25, 0.3) is 0 Å². The summed E-state index contributed by atoms with van der Waals surface area (Å²) in [7, 11) is 0. The first-order valence-electron chi connectivity index (χ1n) is 6.42. The Morgan fingerprint density at radius 3 is 2.50 bits per heavy atom. The largest absolute Gasteiger partial charge is 0.458 e. The number of carbonyl (C=O) groups excluding carboxylic acids is 1. The van der Waals surface area contributed by atoms with Gasteiger partial charge < -0.3 is 4.74 Å². The molecule has 0 heterocycles. The lowest BCUT2D eigenvalue weighted by Crippen LogP contribution is -2.16. The van der Waals surface area contributed by atoms with Crippen molar-refractivity contribution in [2.24, 2.45) is 5.92 Å². The normalized spacial score (nSPS) is 12.5. The van der Waals surface area contributed by atoms with E-state index in [-0.39, 0.29) is 12.1 Å². The maximum atomic E-state index is 11.5. The van der Waals surface area contributed by atoms with Gasteiger partial charge in [-0.15, -0.1) is 0 Å². The SMILES string of the molecule is C=CC(CCCCC)OC(=O)CCC(C)C. The van der Waals surface area contributed by atoms with Crippen molar-refractivity contribution in [2.45, 2.75) is 65.4 Å². The number of rotatable bonds is 9. The minimum absolute atomic E-state index is 0.0879. The van der Waals surface area contributed by atoms with Gasteiger partial charge in [-0.25, -0.2) is 0 Å². The molecule has 0 saturated carbocycles. The second-order valence-electron chi connectivity index (χ2n) is 4.69. The first-order chi connectivity index (χ1) is 7.60. The van der Waals surface area contributed by atoms with E-state index in [0.29, 0.717) is 12.3 Å². The summed E-state index contributed by atoms with van der Waals surface area (Å²) in [6.07, 6.45) is 7.45. The van der Waals surface area contributed by atoms with Gasteiger partial charge in [0.1, 0.15) is 6.10 Å². The fourth-order valence-corrected chi connectivity index (χ4v) is 1.45. The van der Waals surface area contributed by atoms with Crippen LogP contribution in [0.15, 0.2) is 12.7 Å². The summed E-state index contributed by atoms with van der Waals surface area (Å²) in [6, 6.07) is 0. The zero-order chi connectivity index (χ0) is 12.4. The molecule has 0 saturated heterocycles. The number of carbonyl (C=O) groups is 1. The lowest BCUT2D eigenvalue weighted by atomic mass is 10.1. The summed E-state index contributed by atoms with van der Waals surface area (Å²) in [4.78, 5) is 11.5. The predicted molar refractivity (Wildman–Crippen MR) is 68.3 cm³/mol. The third kappa shape index (κ3) is 8.51. The maximum absolute atomic E-state index is 11.5. The number of ether oxygens (including phenoxy) is 1. The van der Waals surface area contributed by atoms with Crippen LogP contribution in [0.25, 0.3) is 0 Å². The van der Waals surface area contributed by atoms with E-state index in [9.17, 15) is 4.79 Å². The Morgan fingerprint density at radius 1 is 1.31 bits per heavy atom. The summed E-state index contributed by atoms with van der Waals surface area (Å²) in [5, 5.41) is 0. The molecule has 0 amide bonds. The molecule has 0 aliphatic carbocycles. The highest BCUT2D eigenvalue weighted by atomic mass is 16.5. The Balaban J connectivity index is 3.74. The molecular weight excluding hydrogens is 200 g/mol. The first-order valence-corrected chi connectivity index (χ1v) is 6.42. The number of unbranched alkanes of at least 4 members (excludes halogenated alkanes) is 2. The van der Waals surface area contributed by atoms with Crippen molar-refractivity contribution < 1.29 is 9.53 Å². The lowest BCUT2D eigenvalue weighted by Gasteiger charge is -2.14. The van der Waals surface area contributed by atoms with Gasteiger partial charge in [-0.3, -0.25) is 4.79 Å². The predicted octanol–water partition coefficient (Wildman–Crippen LogP) is 4.10. The van der Waals surface area contributed by atoms with Gasteiger partial charge in [0.2, 0.25) is 0 Å². The Bertz CT molecular complexity index is 197. The van der Waals surface area contributed by atoms with Crippen molar-refractivity contribution in [1.29, 1.82) is 0 Å². The topological polar surface area (TPSA) is 26.3 Å². The minimum Gasteiger partial charge on any atom is -0.458 e. The third-order valence-electron chi connectivity index (χ3n) is 2.56. The zero-order valence-electron chi connectivity index (χ0n) is 11.0. The van der Waals surface area contributed by atoms with Crippen LogP contribution in [-0.4, -0.2) is 12.1 Å². The van der Waals surface area contributed by atoms with Crippen LogP contribution in [0, 0.1) is 5.92 Å². The quantitative estimate of drug-likeness (QED) is 0.336. The molecule has 2 heteroatoms. The van der Waals surface area contributed by atoms with E-state index < -0.39 is 0 Å². The van der Waals surface area contributed by atoms with Crippen molar-refractivity contribution in [2.75, 3.05) is 0 Å². The van der Waals surface area contributed by atoms with Gasteiger partial charge in [0.15, 0.2) is 0 Å². The number of hydrogen-bond acceptors (Lipinski definition) is 2. The van der Waals surface area contributed by atoms with E-state index in [0.717, 1.165) is 19.3 Å². The summed E-state index contributed by atoms with van der Waals surface area (Å²) < 4.78 is 5.34. The van der Waals surface area contributed by atoms with Crippen LogP contribution >= 0.6 is 0 Å². The summed E-state index contributed by atoms with van der Waals surface area (Å²) >= 11 is 0. The van der Waals surface area contributed by atoms with E-state index in [1.54, 1.807) is 6.08 Å². The van der Waals surface area contributed by atoms with E-state index in [1.807, 2.05) is 0 Å². The molecule has 16 heavy (non-hydrogen) atoms. The molecule has 1 unspecified atom stereocenters. The van der Waals surface area contributed by atoms with E-state index in [1.165, 1.54) is 12.8 Å². The average molecular weight is 226 g/mol. The molecule has 0 radical (unpaired) electrons. The van der Waals surface area contributed by atoms with Crippen molar-refractivity contribution in [1.82, 2.24) is 0 Å². The smallest absolute Gasteiger partial charge is 0.306 e. The van der Waals surface area contributed by atoms with Gasteiger partial charge >= 0.3 is 5.97 Å². The van der Waals surface area contributed by atoms with Crippen LogP contribution < -0.4 is 0 Å². The zero-order valence-corrected chi connectivity index (χ0v) is 11.0. The van der Waals surface area contributed by atoms with Crippen LogP contribution in [0.3, 0.4) is 0 Å². The van der Waals surface area contributed by atoms with Crippen molar-refractivity contribution in [3.05, 3.63) is 12.7 Å².